The van der Waals surface area contributed by atoms with Gasteiger partial charge in [0.1, 0.15) is 5.82 Å². The second kappa shape index (κ2) is 15.7. The average molecular weight is 655 g/mol. The molecule has 46 heavy (non-hydrogen) atoms. The van der Waals surface area contributed by atoms with Gasteiger partial charge in [-0.1, -0.05) is 48.5 Å². The van der Waals surface area contributed by atoms with Crippen molar-refractivity contribution in [3.8, 4) is 16.9 Å². The predicted molar refractivity (Wildman–Crippen MR) is 162 cm³/mol. The summed E-state index contributed by atoms with van der Waals surface area (Å²) in [7, 11) is 1.21. The fourth-order valence-corrected chi connectivity index (χ4v) is 5.13. The molecule has 3 aromatic carbocycles. The topological polar surface area (TPSA) is 103 Å². The minimum Gasteiger partial charge on any atom is -0.494 e. The summed E-state index contributed by atoms with van der Waals surface area (Å²) in [6, 6.07) is 14.2. The van der Waals surface area contributed by atoms with Gasteiger partial charge in [0.15, 0.2) is 11.6 Å². The monoisotopic (exact) mass is 654 g/mol. The van der Waals surface area contributed by atoms with Crippen molar-refractivity contribution in [2.24, 2.45) is 0 Å². The van der Waals surface area contributed by atoms with Crippen LogP contribution in [0.2, 0.25) is 0 Å². The average Bonchev–Trinajstić information content (AvgIpc) is 2.99. The molecule has 0 bridgehead atoms. The number of ether oxygens (including phenoxy) is 1. The van der Waals surface area contributed by atoms with Gasteiger partial charge >= 0.3 is 17.8 Å². The third-order valence-electron chi connectivity index (χ3n) is 7.41. The number of nitrogens with zero attached hydrogens (tertiary/aromatic N) is 2. The first-order chi connectivity index (χ1) is 21.3. The molecule has 14 heteroatoms. The number of carboxylic acids is 1. The Morgan fingerprint density at radius 3 is 2.28 bits per heavy atom. The molecule has 4 aromatic rings. The molecule has 239 valence electrons. The van der Waals surface area contributed by atoms with Gasteiger partial charge in [-0.2, -0.15) is 13.2 Å². The third kappa shape index (κ3) is 8.13. The van der Waals surface area contributed by atoms with E-state index in [9.17, 15) is 31.9 Å². The Balaban J connectivity index is 0.00000576. The Morgan fingerprint density at radius 1 is 0.978 bits per heavy atom. The Hall–Kier alpha value is -3.78. The summed E-state index contributed by atoms with van der Waals surface area (Å²) >= 11 is 0. The van der Waals surface area contributed by atoms with Crippen molar-refractivity contribution in [3.05, 3.63) is 122 Å². The van der Waals surface area contributed by atoms with E-state index in [1.54, 1.807) is 30.3 Å². The molecule has 0 saturated carbocycles. The number of nitrogens with one attached hydrogen (secondary N) is 1. The molecule has 0 aliphatic rings. The molecule has 1 aromatic heterocycles. The molecule has 0 spiro atoms. The standard InChI is InChI=1S/C32H30F5N3O5.Na/c1-19-28(21-11-6-14-26(45-2)29(21)34)30(43)40(18-25(20-9-4-3-5-10-20)38-16-8-15-27(41)42)31(44)39(19)17-22-23(32(35,36)37)12-7-13-24(22)33;/h3-7,9-14,25,38H,8,15-18H2,1-2H3,(H,41,42);/t25-;/m0./s1. The van der Waals surface area contributed by atoms with E-state index in [0.29, 0.717) is 11.6 Å². The van der Waals surface area contributed by atoms with E-state index in [0.717, 1.165) is 21.3 Å². The molecule has 1 heterocycles. The smallest absolute Gasteiger partial charge is 0.416 e. The molecule has 0 fully saturated rings. The van der Waals surface area contributed by atoms with E-state index < -0.39 is 58.7 Å². The molecule has 4 rings (SSSR count). The van der Waals surface area contributed by atoms with Crippen LogP contribution in [0.3, 0.4) is 0 Å². The second-order valence-corrected chi connectivity index (χ2v) is 10.2. The summed E-state index contributed by atoms with van der Waals surface area (Å²) in [6.45, 7) is 0.181. The van der Waals surface area contributed by atoms with Crippen LogP contribution in [0.25, 0.3) is 11.1 Å². The second-order valence-electron chi connectivity index (χ2n) is 10.2. The zero-order chi connectivity index (χ0) is 32.9. The molecule has 0 saturated heterocycles. The Bertz CT molecular complexity index is 1810. The van der Waals surface area contributed by atoms with Crippen LogP contribution in [-0.2, 0) is 24.1 Å². The Labute approximate surface area is 282 Å². The van der Waals surface area contributed by atoms with Crippen molar-refractivity contribution < 1.29 is 36.6 Å². The number of hydrogen-bond donors (Lipinski definition) is 2. The van der Waals surface area contributed by atoms with Crippen molar-refractivity contribution >= 4 is 35.5 Å². The predicted octanol–water partition coefficient (Wildman–Crippen LogP) is 5.15. The molecule has 1 atom stereocenters. The van der Waals surface area contributed by atoms with Crippen LogP contribution in [0.1, 0.15) is 41.3 Å². The molecule has 1 radical (unpaired) electrons. The minimum absolute atomic E-state index is 0. The van der Waals surface area contributed by atoms with Gasteiger partial charge in [-0.05, 0) is 43.7 Å². The maximum absolute atomic E-state index is 15.6. The number of aliphatic carboxylic acids is 1. The molecule has 0 amide bonds. The molecular formula is C32H30F5N3NaO5. The number of alkyl halides is 3. The summed E-state index contributed by atoms with van der Waals surface area (Å²) < 4.78 is 78.8. The SMILES string of the molecule is COc1cccc(-c2c(C)n(Cc3c(F)cccc3C(F)(F)F)c(=O)n(C[C@H](NCCCC(=O)O)c3ccccc3)c2=O)c1F.[Na]. The van der Waals surface area contributed by atoms with Gasteiger partial charge in [0.25, 0.3) is 5.56 Å². The maximum Gasteiger partial charge on any atom is 0.416 e. The van der Waals surface area contributed by atoms with E-state index in [1.165, 1.54) is 32.2 Å². The van der Waals surface area contributed by atoms with Crippen LogP contribution in [-0.4, -0.2) is 63.4 Å². The van der Waals surface area contributed by atoms with Crippen molar-refractivity contribution in [2.45, 2.75) is 45.1 Å². The summed E-state index contributed by atoms with van der Waals surface area (Å²) in [5.74, 6) is -3.39. The minimum atomic E-state index is -4.95. The van der Waals surface area contributed by atoms with Crippen LogP contribution in [0.4, 0.5) is 22.0 Å². The van der Waals surface area contributed by atoms with E-state index in [-0.39, 0.29) is 78.1 Å². The number of benzene rings is 3. The van der Waals surface area contributed by atoms with Crippen LogP contribution < -0.4 is 21.3 Å². The summed E-state index contributed by atoms with van der Waals surface area (Å²) in [5.41, 5.74) is -4.27. The van der Waals surface area contributed by atoms with E-state index >= 15 is 4.39 Å². The van der Waals surface area contributed by atoms with Crippen molar-refractivity contribution in [2.75, 3.05) is 13.7 Å². The van der Waals surface area contributed by atoms with Crippen LogP contribution >= 0.6 is 0 Å². The number of hydrogen-bond acceptors (Lipinski definition) is 5. The van der Waals surface area contributed by atoms with Gasteiger partial charge < -0.3 is 15.2 Å². The molecule has 0 aliphatic carbocycles. The van der Waals surface area contributed by atoms with Gasteiger partial charge in [0.05, 0.1) is 37.4 Å². The Morgan fingerprint density at radius 2 is 1.65 bits per heavy atom. The van der Waals surface area contributed by atoms with Crippen LogP contribution in [0.5, 0.6) is 5.75 Å². The first-order valence-electron chi connectivity index (χ1n) is 13.9. The van der Waals surface area contributed by atoms with Gasteiger partial charge in [-0.25, -0.2) is 13.6 Å². The summed E-state index contributed by atoms with van der Waals surface area (Å²) in [5, 5.41) is 12.1. The van der Waals surface area contributed by atoms with Crippen LogP contribution in [0.15, 0.2) is 76.3 Å². The summed E-state index contributed by atoms with van der Waals surface area (Å²) in [6.07, 6.45) is -4.88. The number of halogens is 5. The number of rotatable bonds is 12. The molecule has 2 N–H and O–H groups in total. The van der Waals surface area contributed by atoms with Crippen molar-refractivity contribution in [1.82, 2.24) is 14.5 Å². The zero-order valence-electron chi connectivity index (χ0n) is 25.3. The number of methoxy groups -OCH3 is 1. The fourth-order valence-electron chi connectivity index (χ4n) is 5.13. The quantitative estimate of drug-likeness (QED) is 0.125. The zero-order valence-corrected chi connectivity index (χ0v) is 27.3. The largest absolute Gasteiger partial charge is 0.494 e. The van der Waals surface area contributed by atoms with Gasteiger partial charge in [0, 0.05) is 52.8 Å². The van der Waals surface area contributed by atoms with Crippen LogP contribution in [0, 0.1) is 18.6 Å². The number of aromatic nitrogens is 2. The summed E-state index contributed by atoms with van der Waals surface area (Å²) in [4.78, 5) is 39.0. The van der Waals surface area contributed by atoms with Gasteiger partial charge in [-0.15, -0.1) is 0 Å². The number of carbonyl (C=O) groups is 1. The molecule has 0 aliphatic heterocycles. The van der Waals surface area contributed by atoms with E-state index in [1.807, 2.05) is 0 Å². The maximum atomic E-state index is 15.6. The van der Waals surface area contributed by atoms with Crippen molar-refractivity contribution in [1.29, 1.82) is 0 Å². The first-order valence-corrected chi connectivity index (χ1v) is 13.9. The van der Waals surface area contributed by atoms with Gasteiger partial charge in [0.2, 0.25) is 0 Å². The normalized spacial score (nSPS) is 12.0. The van der Waals surface area contributed by atoms with Crippen molar-refractivity contribution in [3.63, 3.8) is 0 Å². The molecule has 8 nitrogen and oxygen atoms in total. The number of carboxylic acid groups (broad SMARTS) is 1. The third-order valence-corrected chi connectivity index (χ3v) is 7.41. The van der Waals surface area contributed by atoms with E-state index in [4.69, 9.17) is 9.84 Å². The molecule has 0 unspecified atom stereocenters. The van der Waals surface area contributed by atoms with E-state index in [2.05, 4.69) is 5.32 Å². The fraction of sp³-hybridized carbons (Fsp3) is 0.281. The first kappa shape index (κ1) is 36.7. The van der Waals surface area contributed by atoms with Gasteiger partial charge in [-0.3, -0.25) is 18.7 Å². The molecular weight excluding hydrogens is 624 g/mol. The Kier molecular flexibility index (Phi) is 12.5.